The lowest BCUT2D eigenvalue weighted by Crippen LogP contribution is -2.49. The van der Waals surface area contributed by atoms with E-state index in [1.807, 2.05) is 18.7 Å². The van der Waals surface area contributed by atoms with Gasteiger partial charge in [0.15, 0.2) is 0 Å². The van der Waals surface area contributed by atoms with Crippen molar-refractivity contribution in [3.8, 4) is 0 Å². The summed E-state index contributed by atoms with van der Waals surface area (Å²) in [7, 11) is 0. The Morgan fingerprint density at radius 1 is 1.24 bits per heavy atom. The van der Waals surface area contributed by atoms with E-state index < -0.39 is 5.97 Å². The number of aryl methyl sites for hydroxylation is 1. The van der Waals surface area contributed by atoms with Crippen LogP contribution in [0.5, 0.6) is 0 Å². The van der Waals surface area contributed by atoms with Gasteiger partial charge in [0, 0.05) is 17.8 Å². The van der Waals surface area contributed by atoms with Gasteiger partial charge in [0.1, 0.15) is 0 Å². The van der Waals surface area contributed by atoms with E-state index in [-0.39, 0.29) is 23.7 Å². The van der Waals surface area contributed by atoms with Crippen LogP contribution in [0.25, 0.3) is 0 Å². The van der Waals surface area contributed by atoms with Crippen molar-refractivity contribution in [2.75, 3.05) is 5.32 Å². The Morgan fingerprint density at radius 3 is 2.43 bits per heavy atom. The topological polar surface area (TPSA) is 69.6 Å². The van der Waals surface area contributed by atoms with Gasteiger partial charge in [-0.1, -0.05) is 6.07 Å². The summed E-state index contributed by atoms with van der Waals surface area (Å²) >= 11 is 0. The second-order valence-corrected chi connectivity index (χ2v) is 5.80. The Morgan fingerprint density at radius 2 is 1.86 bits per heavy atom. The largest absolute Gasteiger partial charge is 0.478 e. The fourth-order valence-electron chi connectivity index (χ4n) is 2.94. The highest BCUT2D eigenvalue weighted by Crippen LogP contribution is 2.24. The van der Waals surface area contributed by atoms with Crippen LogP contribution in [0.1, 0.15) is 49.0 Å². The van der Waals surface area contributed by atoms with E-state index in [2.05, 4.69) is 5.32 Å². The number of carboxylic acids is 1. The number of amides is 2. The molecular formula is C16H22N2O3. The van der Waals surface area contributed by atoms with Crippen LogP contribution in [-0.2, 0) is 0 Å². The smallest absolute Gasteiger partial charge is 0.336 e. The number of aromatic carboxylic acids is 1. The van der Waals surface area contributed by atoms with Gasteiger partial charge < -0.3 is 15.3 Å². The minimum Gasteiger partial charge on any atom is -0.478 e. The third-order valence-corrected chi connectivity index (χ3v) is 4.15. The third kappa shape index (κ3) is 3.35. The predicted molar refractivity (Wildman–Crippen MR) is 81.8 cm³/mol. The Hall–Kier alpha value is -2.04. The van der Waals surface area contributed by atoms with Crippen LogP contribution in [-0.4, -0.2) is 34.1 Å². The summed E-state index contributed by atoms with van der Waals surface area (Å²) in [4.78, 5) is 25.4. The van der Waals surface area contributed by atoms with Crippen molar-refractivity contribution < 1.29 is 14.7 Å². The van der Waals surface area contributed by atoms with E-state index in [1.54, 1.807) is 19.1 Å². The van der Waals surface area contributed by atoms with Crippen molar-refractivity contribution in [2.45, 2.75) is 52.1 Å². The first-order valence-electron chi connectivity index (χ1n) is 7.33. The van der Waals surface area contributed by atoms with E-state index in [4.69, 9.17) is 5.11 Å². The van der Waals surface area contributed by atoms with Crippen LogP contribution in [0.2, 0.25) is 0 Å². The minimum absolute atomic E-state index is 0.158. The lowest BCUT2D eigenvalue weighted by Gasteiger charge is -2.38. The van der Waals surface area contributed by atoms with E-state index in [0.717, 1.165) is 19.3 Å². The molecule has 2 atom stereocenters. The zero-order valence-electron chi connectivity index (χ0n) is 12.7. The maximum atomic E-state index is 12.4. The Bertz CT molecular complexity index is 546. The van der Waals surface area contributed by atoms with E-state index in [9.17, 15) is 9.59 Å². The molecule has 1 aromatic carbocycles. The Kier molecular flexibility index (Phi) is 4.50. The molecule has 0 unspecified atom stereocenters. The lowest BCUT2D eigenvalue weighted by molar-refractivity contribution is 0.0696. The molecule has 2 amide bonds. The number of nitrogens with zero attached hydrogens (tertiary/aromatic N) is 1. The summed E-state index contributed by atoms with van der Waals surface area (Å²) in [6.45, 7) is 5.84. The van der Waals surface area contributed by atoms with Crippen LogP contribution in [0.15, 0.2) is 18.2 Å². The van der Waals surface area contributed by atoms with Crippen LogP contribution < -0.4 is 5.32 Å². The number of rotatable bonds is 2. The Labute approximate surface area is 125 Å². The molecule has 1 aliphatic rings. The van der Waals surface area contributed by atoms with Gasteiger partial charge in [0.05, 0.1) is 5.56 Å². The molecule has 1 heterocycles. The second-order valence-electron chi connectivity index (χ2n) is 5.80. The number of hydrogen-bond donors (Lipinski definition) is 2. The fourth-order valence-corrected chi connectivity index (χ4v) is 2.94. The number of benzene rings is 1. The molecule has 1 saturated heterocycles. The SMILES string of the molecule is Cc1ccc(NC(=O)N2[C@H](C)CCC[C@@H]2C)cc1C(=O)O. The lowest BCUT2D eigenvalue weighted by atomic mass is 9.98. The van der Waals surface area contributed by atoms with Crippen LogP contribution in [0.4, 0.5) is 10.5 Å². The molecule has 1 fully saturated rings. The normalized spacial score (nSPS) is 22.0. The molecular weight excluding hydrogens is 268 g/mol. The predicted octanol–water partition coefficient (Wildman–Crippen LogP) is 3.49. The molecule has 0 radical (unpaired) electrons. The molecule has 1 aliphatic heterocycles. The summed E-state index contributed by atoms with van der Waals surface area (Å²) in [5, 5.41) is 12.0. The van der Waals surface area contributed by atoms with E-state index >= 15 is 0 Å². The summed E-state index contributed by atoms with van der Waals surface area (Å²) in [5.74, 6) is -0.983. The van der Waals surface area contributed by atoms with Gasteiger partial charge >= 0.3 is 12.0 Å². The highest BCUT2D eigenvalue weighted by Gasteiger charge is 2.29. The van der Waals surface area contributed by atoms with Crippen molar-refractivity contribution in [3.63, 3.8) is 0 Å². The number of carbonyl (C=O) groups is 2. The molecule has 5 heteroatoms. The monoisotopic (exact) mass is 290 g/mol. The number of anilines is 1. The maximum absolute atomic E-state index is 12.4. The Balaban J connectivity index is 2.15. The molecule has 21 heavy (non-hydrogen) atoms. The quantitative estimate of drug-likeness (QED) is 0.876. The van der Waals surface area contributed by atoms with Gasteiger partial charge in [-0.05, 0) is 57.7 Å². The van der Waals surface area contributed by atoms with Crippen LogP contribution in [0, 0.1) is 6.92 Å². The molecule has 0 saturated carbocycles. The van der Waals surface area contributed by atoms with Gasteiger partial charge in [0.2, 0.25) is 0 Å². The maximum Gasteiger partial charge on any atom is 0.336 e. The van der Waals surface area contributed by atoms with Crippen LogP contribution >= 0.6 is 0 Å². The van der Waals surface area contributed by atoms with Gasteiger partial charge in [-0.3, -0.25) is 0 Å². The van der Waals surface area contributed by atoms with Crippen LogP contribution in [0.3, 0.4) is 0 Å². The molecule has 0 aromatic heterocycles. The average Bonchev–Trinajstić information content (AvgIpc) is 2.40. The standard InChI is InChI=1S/C16H22N2O3/c1-10-7-8-13(9-14(10)15(19)20)17-16(21)18-11(2)5-4-6-12(18)3/h7-9,11-12H,4-6H2,1-3H3,(H,17,21)(H,19,20)/t11-,12+. The first kappa shape index (κ1) is 15.4. The molecule has 0 aliphatic carbocycles. The molecule has 2 N–H and O–H groups in total. The minimum atomic E-state index is -0.983. The number of hydrogen-bond acceptors (Lipinski definition) is 2. The summed E-state index contributed by atoms with van der Waals surface area (Å²) in [6.07, 6.45) is 3.15. The van der Waals surface area contributed by atoms with Crippen molar-refractivity contribution in [1.29, 1.82) is 0 Å². The fraction of sp³-hybridized carbons (Fsp3) is 0.500. The zero-order chi connectivity index (χ0) is 15.6. The number of carboxylic acid groups (broad SMARTS) is 1. The van der Waals surface area contributed by atoms with Gasteiger partial charge in [-0.2, -0.15) is 0 Å². The second kappa shape index (κ2) is 6.16. The van der Waals surface area contributed by atoms with Gasteiger partial charge in [0.25, 0.3) is 0 Å². The van der Waals surface area contributed by atoms with Crippen molar-refractivity contribution in [2.24, 2.45) is 0 Å². The highest BCUT2D eigenvalue weighted by molar-refractivity contribution is 5.94. The number of urea groups is 1. The third-order valence-electron chi connectivity index (χ3n) is 4.15. The van der Waals surface area contributed by atoms with Crippen molar-refractivity contribution in [1.82, 2.24) is 4.90 Å². The summed E-state index contributed by atoms with van der Waals surface area (Å²) < 4.78 is 0. The average molecular weight is 290 g/mol. The number of piperidine rings is 1. The summed E-state index contributed by atoms with van der Waals surface area (Å²) in [6, 6.07) is 5.21. The first-order chi connectivity index (χ1) is 9.90. The zero-order valence-corrected chi connectivity index (χ0v) is 12.7. The number of carbonyl (C=O) groups excluding carboxylic acids is 1. The molecule has 1 aromatic rings. The molecule has 0 bridgehead atoms. The first-order valence-corrected chi connectivity index (χ1v) is 7.33. The summed E-state index contributed by atoms with van der Waals surface area (Å²) in [5.41, 5.74) is 1.42. The molecule has 0 spiro atoms. The molecule has 2 rings (SSSR count). The molecule has 114 valence electrons. The molecule has 5 nitrogen and oxygen atoms in total. The van der Waals surface area contributed by atoms with Crippen molar-refractivity contribution >= 4 is 17.7 Å². The number of nitrogens with one attached hydrogen (secondary N) is 1. The number of likely N-dealkylation sites (tertiary alicyclic amines) is 1. The van der Waals surface area contributed by atoms with Gasteiger partial charge in [-0.15, -0.1) is 0 Å². The van der Waals surface area contributed by atoms with Gasteiger partial charge in [-0.25, -0.2) is 9.59 Å². The van der Waals surface area contributed by atoms with E-state index in [1.165, 1.54) is 6.07 Å². The van der Waals surface area contributed by atoms with Crippen molar-refractivity contribution in [3.05, 3.63) is 29.3 Å². The van der Waals surface area contributed by atoms with E-state index in [0.29, 0.717) is 11.3 Å². The highest BCUT2D eigenvalue weighted by atomic mass is 16.4.